The molecule has 7 heteroatoms. The number of likely N-dealkylation sites (tertiary alicyclic amines) is 1. The van der Waals surface area contributed by atoms with Gasteiger partial charge in [-0.3, -0.25) is 9.59 Å². The third-order valence-corrected chi connectivity index (χ3v) is 5.29. The average molecular weight is 397 g/mol. The summed E-state index contributed by atoms with van der Waals surface area (Å²) < 4.78 is 18.9. The lowest BCUT2D eigenvalue weighted by molar-refractivity contribution is -0.140. The van der Waals surface area contributed by atoms with Gasteiger partial charge in [0.15, 0.2) is 0 Å². The van der Waals surface area contributed by atoms with Crippen molar-refractivity contribution in [2.75, 3.05) is 13.2 Å². The quantitative estimate of drug-likeness (QED) is 0.470. The molecule has 4 rings (SSSR count). The number of nitrogens with zero attached hydrogens (tertiary/aromatic N) is 1. The summed E-state index contributed by atoms with van der Waals surface area (Å²) in [5, 5.41) is 20.5. The van der Waals surface area contributed by atoms with E-state index in [-0.39, 0.29) is 35.3 Å². The molecular formula is C22H20FNO5. The molecule has 0 saturated carbocycles. The normalized spacial score (nSPS) is 23.7. The summed E-state index contributed by atoms with van der Waals surface area (Å²) in [5.41, 5.74) is 0.749. The SMILES string of the molecule is O=C1C(=O)N(CC2CCCO2)C(c2ccc(O)cc2)/C1=C(\O)c1ccc(F)cc1. The lowest BCUT2D eigenvalue weighted by Crippen LogP contribution is -2.36. The first-order chi connectivity index (χ1) is 14.0. The molecule has 1 amide bonds. The zero-order chi connectivity index (χ0) is 20.5. The van der Waals surface area contributed by atoms with E-state index in [0.717, 1.165) is 12.8 Å². The van der Waals surface area contributed by atoms with Gasteiger partial charge in [0.1, 0.15) is 17.3 Å². The van der Waals surface area contributed by atoms with Crippen molar-refractivity contribution < 1.29 is 28.9 Å². The molecule has 2 aliphatic rings. The zero-order valence-electron chi connectivity index (χ0n) is 15.5. The molecule has 0 spiro atoms. The van der Waals surface area contributed by atoms with Crippen molar-refractivity contribution in [2.24, 2.45) is 0 Å². The minimum absolute atomic E-state index is 0.0448. The topological polar surface area (TPSA) is 87.1 Å². The highest BCUT2D eigenvalue weighted by Gasteiger charge is 2.47. The number of ketones is 1. The molecule has 2 atom stereocenters. The molecule has 2 saturated heterocycles. The molecule has 0 radical (unpaired) electrons. The number of hydrogen-bond acceptors (Lipinski definition) is 5. The Morgan fingerprint density at radius 3 is 2.41 bits per heavy atom. The van der Waals surface area contributed by atoms with E-state index < -0.39 is 23.5 Å². The molecule has 0 bridgehead atoms. The molecule has 0 aromatic heterocycles. The summed E-state index contributed by atoms with van der Waals surface area (Å²) in [6.45, 7) is 0.824. The predicted octanol–water partition coefficient (Wildman–Crippen LogP) is 3.13. The lowest BCUT2D eigenvalue weighted by Gasteiger charge is -2.27. The van der Waals surface area contributed by atoms with Crippen molar-refractivity contribution in [2.45, 2.75) is 25.0 Å². The standard InChI is InChI=1S/C22H20FNO5/c23-15-7-3-14(4-8-15)20(26)18-19(13-5-9-16(25)10-6-13)24(22(28)21(18)27)12-17-2-1-11-29-17/h3-10,17,19,25-26H,1-2,11-12H2/b20-18+. The first-order valence-electron chi connectivity index (χ1n) is 9.40. The van der Waals surface area contributed by atoms with Gasteiger partial charge in [-0.2, -0.15) is 0 Å². The van der Waals surface area contributed by atoms with Crippen molar-refractivity contribution in [3.63, 3.8) is 0 Å². The first-order valence-corrected chi connectivity index (χ1v) is 9.40. The number of rotatable bonds is 4. The van der Waals surface area contributed by atoms with Crippen molar-refractivity contribution in [1.29, 1.82) is 0 Å². The minimum Gasteiger partial charge on any atom is -0.508 e. The summed E-state index contributed by atoms with van der Waals surface area (Å²) in [6.07, 6.45) is 1.48. The van der Waals surface area contributed by atoms with Gasteiger partial charge < -0.3 is 19.8 Å². The van der Waals surface area contributed by atoms with Crippen molar-refractivity contribution in [1.82, 2.24) is 4.90 Å². The van der Waals surface area contributed by atoms with Gasteiger partial charge in [0, 0.05) is 18.7 Å². The van der Waals surface area contributed by atoms with E-state index in [9.17, 15) is 24.2 Å². The van der Waals surface area contributed by atoms with Gasteiger partial charge in [-0.25, -0.2) is 4.39 Å². The fourth-order valence-electron chi connectivity index (χ4n) is 3.84. The van der Waals surface area contributed by atoms with E-state index in [1.54, 1.807) is 12.1 Å². The number of aromatic hydroxyl groups is 1. The van der Waals surface area contributed by atoms with Crippen molar-refractivity contribution in [3.05, 3.63) is 71.0 Å². The number of hydrogen-bond donors (Lipinski definition) is 2. The number of ether oxygens (including phenoxy) is 1. The van der Waals surface area contributed by atoms with E-state index in [4.69, 9.17) is 4.74 Å². The second-order valence-corrected chi connectivity index (χ2v) is 7.18. The summed E-state index contributed by atoms with van der Waals surface area (Å²) in [4.78, 5) is 27.1. The maximum absolute atomic E-state index is 13.3. The smallest absolute Gasteiger partial charge is 0.295 e. The number of benzene rings is 2. The Bertz CT molecular complexity index is 962. The van der Waals surface area contributed by atoms with Crippen LogP contribution >= 0.6 is 0 Å². The molecule has 2 fully saturated rings. The van der Waals surface area contributed by atoms with Gasteiger partial charge in [-0.1, -0.05) is 12.1 Å². The Labute approximate surface area is 166 Å². The largest absolute Gasteiger partial charge is 0.508 e. The number of phenolic OH excluding ortho intramolecular Hbond substituents is 1. The van der Waals surface area contributed by atoms with Crippen LogP contribution < -0.4 is 0 Å². The number of Topliss-reactive ketones (excluding diaryl/α,β-unsaturated/α-hetero) is 1. The third kappa shape index (κ3) is 3.61. The highest BCUT2D eigenvalue weighted by molar-refractivity contribution is 6.46. The fraction of sp³-hybridized carbons (Fsp3) is 0.273. The minimum atomic E-state index is -0.829. The zero-order valence-corrected chi connectivity index (χ0v) is 15.5. The van der Waals surface area contributed by atoms with E-state index in [1.807, 2.05) is 0 Å². The van der Waals surface area contributed by atoms with Gasteiger partial charge in [0.2, 0.25) is 0 Å². The van der Waals surface area contributed by atoms with E-state index in [1.165, 1.54) is 41.3 Å². The maximum atomic E-state index is 13.3. The Hall–Kier alpha value is -3.19. The summed E-state index contributed by atoms with van der Waals surface area (Å²) in [6, 6.07) is 10.3. The Morgan fingerprint density at radius 2 is 1.79 bits per heavy atom. The maximum Gasteiger partial charge on any atom is 0.295 e. The van der Waals surface area contributed by atoms with Crippen molar-refractivity contribution >= 4 is 17.4 Å². The van der Waals surface area contributed by atoms with Crippen LogP contribution in [0.1, 0.15) is 30.0 Å². The number of phenols is 1. The van der Waals surface area contributed by atoms with Gasteiger partial charge >= 0.3 is 0 Å². The number of carbonyl (C=O) groups excluding carboxylic acids is 2. The molecular weight excluding hydrogens is 377 g/mol. The molecule has 29 heavy (non-hydrogen) atoms. The highest BCUT2D eigenvalue weighted by atomic mass is 19.1. The molecule has 2 unspecified atom stereocenters. The molecule has 2 aromatic rings. The molecule has 150 valence electrons. The van der Waals surface area contributed by atoms with Crippen LogP contribution in [0.5, 0.6) is 5.75 Å². The summed E-state index contributed by atoms with van der Waals surface area (Å²) in [7, 11) is 0. The van der Waals surface area contributed by atoms with Crippen LogP contribution in [0.4, 0.5) is 4.39 Å². The van der Waals surface area contributed by atoms with E-state index in [2.05, 4.69) is 0 Å². The number of aliphatic hydroxyl groups excluding tert-OH is 1. The molecule has 2 aliphatic heterocycles. The van der Waals surface area contributed by atoms with Gasteiger partial charge in [-0.05, 0) is 54.8 Å². The monoisotopic (exact) mass is 397 g/mol. The molecule has 2 N–H and O–H groups in total. The highest BCUT2D eigenvalue weighted by Crippen LogP contribution is 2.40. The fourth-order valence-corrected chi connectivity index (χ4v) is 3.84. The second-order valence-electron chi connectivity index (χ2n) is 7.18. The Balaban J connectivity index is 1.81. The summed E-state index contributed by atoms with van der Waals surface area (Å²) in [5.74, 6) is -2.32. The van der Waals surface area contributed by atoms with Crippen LogP contribution in [-0.2, 0) is 14.3 Å². The first kappa shape index (κ1) is 19.1. The average Bonchev–Trinajstić information content (AvgIpc) is 3.31. The molecule has 6 nitrogen and oxygen atoms in total. The van der Waals surface area contributed by atoms with Gasteiger partial charge in [-0.15, -0.1) is 0 Å². The number of amides is 1. The van der Waals surface area contributed by atoms with Crippen LogP contribution in [0.3, 0.4) is 0 Å². The predicted molar refractivity (Wildman–Crippen MR) is 102 cm³/mol. The third-order valence-electron chi connectivity index (χ3n) is 5.29. The molecule has 0 aliphatic carbocycles. The molecule has 2 aromatic carbocycles. The van der Waals surface area contributed by atoms with Crippen LogP contribution in [0.15, 0.2) is 54.1 Å². The molecule has 2 heterocycles. The van der Waals surface area contributed by atoms with Crippen molar-refractivity contribution in [3.8, 4) is 5.75 Å². The lowest BCUT2D eigenvalue weighted by atomic mass is 9.95. The van der Waals surface area contributed by atoms with E-state index in [0.29, 0.717) is 12.2 Å². The Morgan fingerprint density at radius 1 is 1.10 bits per heavy atom. The van der Waals surface area contributed by atoms with Gasteiger partial charge in [0.05, 0.1) is 17.7 Å². The number of carbonyl (C=O) groups is 2. The second kappa shape index (κ2) is 7.67. The van der Waals surface area contributed by atoms with Crippen LogP contribution in [0.2, 0.25) is 0 Å². The Kier molecular flexibility index (Phi) is 5.07. The van der Waals surface area contributed by atoms with E-state index >= 15 is 0 Å². The number of aliphatic hydroxyl groups is 1. The van der Waals surface area contributed by atoms with Gasteiger partial charge in [0.25, 0.3) is 11.7 Å². The van der Waals surface area contributed by atoms with Crippen LogP contribution in [0.25, 0.3) is 5.76 Å². The van der Waals surface area contributed by atoms with Crippen LogP contribution in [0, 0.1) is 5.82 Å². The van der Waals surface area contributed by atoms with Crippen LogP contribution in [-0.4, -0.2) is 46.1 Å². The summed E-state index contributed by atoms with van der Waals surface area (Å²) >= 11 is 0. The number of halogens is 1.